The summed E-state index contributed by atoms with van der Waals surface area (Å²) in [6, 6.07) is 12.6. The summed E-state index contributed by atoms with van der Waals surface area (Å²) in [4.78, 5) is 29.9. The average molecular weight is 424 g/mol. The van der Waals surface area contributed by atoms with Gasteiger partial charge in [-0.1, -0.05) is 0 Å². The molecule has 2 aromatic carbocycles. The van der Waals surface area contributed by atoms with Crippen molar-refractivity contribution >= 4 is 34.0 Å². The van der Waals surface area contributed by atoms with Crippen molar-refractivity contribution in [3.05, 3.63) is 89.5 Å². The molecule has 2 aromatic heterocycles. The molecule has 0 aliphatic rings. The summed E-state index contributed by atoms with van der Waals surface area (Å²) in [5.41, 5.74) is 3.28. The minimum atomic E-state index is -0.429. The normalized spacial score (nSPS) is 10.8. The molecule has 4 aromatic rings. The Hall–Kier alpha value is -3.50. The third-order valence-corrected chi connectivity index (χ3v) is 5.85. The maximum Gasteiger partial charge on any atom is 0.269 e. The van der Waals surface area contributed by atoms with Gasteiger partial charge in [0.1, 0.15) is 10.0 Å². The lowest BCUT2D eigenvalue weighted by Crippen LogP contribution is -1.89. The van der Waals surface area contributed by atoms with Crippen molar-refractivity contribution in [3.63, 3.8) is 0 Å². The molecule has 8 nitrogen and oxygen atoms in total. The molecule has 0 amide bonds. The van der Waals surface area contributed by atoms with Gasteiger partial charge in [0.25, 0.3) is 11.4 Å². The van der Waals surface area contributed by atoms with Gasteiger partial charge in [-0.3, -0.25) is 20.2 Å². The van der Waals surface area contributed by atoms with Crippen LogP contribution in [0.1, 0.15) is 10.0 Å². The summed E-state index contributed by atoms with van der Waals surface area (Å²) in [5.74, 6) is 0. The van der Waals surface area contributed by atoms with Gasteiger partial charge in [0.2, 0.25) is 0 Å². The number of nitro benzene ring substituents is 2. The first-order valence-electron chi connectivity index (χ1n) is 8.38. The predicted molar refractivity (Wildman–Crippen MR) is 111 cm³/mol. The molecule has 0 unspecified atom stereocenters. The maximum absolute atomic E-state index is 10.8. The van der Waals surface area contributed by atoms with Crippen LogP contribution in [0.2, 0.25) is 0 Å². The average Bonchev–Trinajstić information content (AvgIpc) is 3.38. The molecule has 2 heterocycles. The molecule has 4 rings (SSSR count). The number of aromatic nitrogens is 2. The molecule has 144 valence electrons. The lowest BCUT2D eigenvalue weighted by Gasteiger charge is -1.97. The molecular weight excluding hydrogens is 412 g/mol. The van der Waals surface area contributed by atoms with E-state index in [4.69, 9.17) is 0 Å². The number of thiazole rings is 2. The third-order valence-electron chi connectivity index (χ3n) is 4.15. The Bertz CT molecular complexity index is 1090. The first-order valence-corrected chi connectivity index (χ1v) is 10.1. The number of benzene rings is 2. The van der Waals surface area contributed by atoms with E-state index in [1.54, 1.807) is 24.3 Å². The zero-order chi connectivity index (χ0) is 20.4. The molecule has 0 fully saturated rings. The van der Waals surface area contributed by atoms with Crippen molar-refractivity contribution in [2.45, 2.75) is 6.42 Å². The second-order valence-electron chi connectivity index (χ2n) is 6.04. The molecule has 29 heavy (non-hydrogen) atoms. The van der Waals surface area contributed by atoms with E-state index in [1.165, 1.54) is 46.9 Å². The predicted octanol–water partition coefficient (Wildman–Crippen LogP) is 5.34. The Morgan fingerprint density at radius 3 is 1.41 bits per heavy atom. The Morgan fingerprint density at radius 2 is 1.07 bits per heavy atom. The van der Waals surface area contributed by atoms with Crippen LogP contribution >= 0.6 is 22.7 Å². The van der Waals surface area contributed by atoms with Crippen molar-refractivity contribution in [1.29, 1.82) is 0 Å². The highest BCUT2D eigenvalue weighted by Crippen LogP contribution is 2.28. The molecule has 0 saturated carbocycles. The number of nitrogens with zero attached hydrogens (tertiary/aromatic N) is 4. The zero-order valence-corrected chi connectivity index (χ0v) is 16.4. The lowest BCUT2D eigenvalue weighted by atomic mass is 10.1. The monoisotopic (exact) mass is 424 g/mol. The fourth-order valence-corrected chi connectivity index (χ4v) is 4.39. The SMILES string of the molecule is O=[N+]([O-])c1ccc(-c2csc(Cc3nc(-c4ccc([N+](=O)[O-])cc4)cs3)n2)cc1. The largest absolute Gasteiger partial charge is 0.269 e. The fourth-order valence-electron chi connectivity index (χ4n) is 2.69. The summed E-state index contributed by atoms with van der Waals surface area (Å²) in [5, 5.41) is 27.1. The van der Waals surface area contributed by atoms with Gasteiger partial charge < -0.3 is 0 Å². The van der Waals surface area contributed by atoms with Crippen LogP contribution < -0.4 is 0 Å². The molecule has 0 aliphatic heterocycles. The van der Waals surface area contributed by atoms with E-state index in [0.29, 0.717) is 6.42 Å². The van der Waals surface area contributed by atoms with Crippen LogP contribution in [-0.2, 0) is 6.42 Å². The Balaban J connectivity index is 1.48. The molecule has 0 saturated heterocycles. The van der Waals surface area contributed by atoms with E-state index >= 15 is 0 Å². The number of rotatable bonds is 6. The minimum absolute atomic E-state index is 0.0470. The summed E-state index contributed by atoms with van der Waals surface area (Å²) in [6.45, 7) is 0. The topological polar surface area (TPSA) is 112 Å². The zero-order valence-electron chi connectivity index (χ0n) is 14.7. The first kappa shape index (κ1) is 18.8. The van der Waals surface area contributed by atoms with E-state index < -0.39 is 9.85 Å². The quantitative estimate of drug-likeness (QED) is 0.305. The van der Waals surface area contributed by atoms with Crippen molar-refractivity contribution in [2.24, 2.45) is 0 Å². The van der Waals surface area contributed by atoms with E-state index in [1.807, 2.05) is 10.8 Å². The van der Waals surface area contributed by atoms with Crippen LogP contribution in [0, 0.1) is 20.2 Å². The molecule has 0 aliphatic carbocycles. The standard InChI is InChI=1S/C19H12N4O4S2/c24-22(25)14-5-1-12(2-6-14)16-10-28-18(20-16)9-19-21-17(11-29-19)13-3-7-15(8-4-13)23(26)27/h1-8,10-11H,9H2. The fraction of sp³-hybridized carbons (Fsp3) is 0.0526. The molecule has 10 heteroatoms. The summed E-state index contributed by atoms with van der Waals surface area (Å²) >= 11 is 3.01. The smallest absolute Gasteiger partial charge is 0.258 e. The van der Waals surface area contributed by atoms with Crippen LogP contribution in [0.3, 0.4) is 0 Å². The van der Waals surface area contributed by atoms with Gasteiger partial charge in [0, 0.05) is 46.2 Å². The van der Waals surface area contributed by atoms with Gasteiger partial charge in [-0.2, -0.15) is 0 Å². The highest BCUT2D eigenvalue weighted by atomic mass is 32.1. The van der Waals surface area contributed by atoms with E-state index in [2.05, 4.69) is 9.97 Å². The second kappa shape index (κ2) is 7.86. The van der Waals surface area contributed by atoms with Crippen LogP contribution in [0.25, 0.3) is 22.5 Å². The van der Waals surface area contributed by atoms with Gasteiger partial charge in [-0.05, 0) is 24.3 Å². The molecule has 0 bridgehead atoms. The van der Waals surface area contributed by atoms with Crippen molar-refractivity contribution in [2.75, 3.05) is 0 Å². The number of non-ortho nitro benzene ring substituents is 2. The maximum atomic E-state index is 10.8. The molecule has 0 atom stereocenters. The first-order chi connectivity index (χ1) is 14.0. The van der Waals surface area contributed by atoms with Crippen LogP contribution in [0.15, 0.2) is 59.3 Å². The van der Waals surface area contributed by atoms with Gasteiger partial charge in [0.05, 0.1) is 27.7 Å². The van der Waals surface area contributed by atoms with E-state index in [9.17, 15) is 20.2 Å². The Morgan fingerprint density at radius 1 is 0.690 bits per heavy atom. The molecular formula is C19H12N4O4S2. The highest BCUT2D eigenvalue weighted by Gasteiger charge is 2.12. The lowest BCUT2D eigenvalue weighted by molar-refractivity contribution is -0.385. The minimum Gasteiger partial charge on any atom is -0.258 e. The van der Waals surface area contributed by atoms with Gasteiger partial charge >= 0.3 is 0 Å². The Kier molecular flexibility index (Phi) is 5.10. The van der Waals surface area contributed by atoms with Gasteiger partial charge in [0.15, 0.2) is 0 Å². The number of hydrogen-bond donors (Lipinski definition) is 0. The van der Waals surface area contributed by atoms with E-state index in [0.717, 1.165) is 32.5 Å². The summed E-state index contributed by atoms with van der Waals surface area (Å²) < 4.78 is 0. The highest BCUT2D eigenvalue weighted by molar-refractivity contribution is 7.11. The molecule has 0 radical (unpaired) electrons. The van der Waals surface area contributed by atoms with Crippen molar-refractivity contribution in [3.8, 4) is 22.5 Å². The Labute approximate surface area is 172 Å². The van der Waals surface area contributed by atoms with Crippen LogP contribution in [-0.4, -0.2) is 19.8 Å². The number of hydrogen-bond acceptors (Lipinski definition) is 8. The van der Waals surface area contributed by atoms with E-state index in [-0.39, 0.29) is 11.4 Å². The van der Waals surface area contributed by atoms with Crippen molar-refractivity contribution in [1.82, 2.24) is 9.97 Å². The van der Waals surface area contributed by atoms with Gasteiger partial charge in [-0.25, -0.2) is 9.97 Å². The third kappa shape index (κ3) is 4.18. The van der Waals surface area contributed by atoms with Gasteiger partial charge in [-0.15, -0.1) is 22.7 Å². The molecule has 0 spiro atoms. The molecule has 0 N–H and O–H groups in total. The van der Waals surface area contributed by atoms with Crippen molar-refractivity contribution < 1.29 is 9.85 Å². The summed E-state index contributed by atoms with van der Waals surface area (Å²) in [6.07, 6.45) is 0.579. The number of nitro groups is 2. The summed E-state index contributed by atoms with van der Waals surface area (Å²) in [7, 11) is 0. The second-order valence-corrected chi connectivity index (χ2v) is 7.92. The van der Waals surface area contributed by atoms with Crippen LogP contribution in [0.4, 0.5) is 11.4 Å². The van der Waals surface area contributed by atoms with Crippen LogP contribution in [0.5, 0.6) is 0 Å².